The number of hydrogen-bond acceptors (Lipinski definition) is 2. The van der Waals surface area contributed by atoms with Crippen molar-refractivity contribution in [2.75, 3.05) is 7.11 Å². The van der Waals surface area contributed by atoms with Crippen LogP contribution in [-0.2, 0) is 6.54 Å². The lowest BCUT2D eigenvalue weighted by molar-refractivity contribution is 0.396. The van der Waals surface area contributed by atoms with Crippen LogP contribution < -0.4 is 10.1 Å². The minimum Gasteiger partial charge on any atom is -0.496 e. The van der Waals surface area contributed by atoms with Crippen LogP contribution in [-0.4, -0.2) is 7.11 Å². The summed E-state index contributed by atoms with van der Waals surface area (Å²) in [5, 5.41) is 3.64. The van der Waals surface area contributed by atoms with Crippen molar-refractivity contribution < 1.29 is 4.74 Å². The third kappa shape index (κ3) is 3.85. The van der Waals surface area contributed by atoms with Crippen molar-refractivity contribution in [1.82, 2.24) is 5.32 Å². The van der Waals surface area contributed by atoms with E-state index in [2.05, 4.69) is 56.4 Å². The van der Waals surface area contributed by atoms with Crippen molar-refractivity contribution in [2.45, 2.75) is 39.8 Å². The molecule has 2 rings (SSSR count). The molecular formula is C19H25NO. The van der Waals surface area contributed by atoms with Gasteiger partial charge in [-0.3, -0.25) is 0 Å². The maximum atomic E-state index is 5.48. The first kappa shape index (κ1) is 15.6. The largest absolute Gasteiger partial charge is 0.496 e. The lowest BCUT2D eigenvalue weighted by Crippen LogP contribution is -2.21. The Kier molecular flexibility index (Phi) is 5.40. The Morgan fingerprint density at radius 3 is 2.48 bits per heavy atom. The summed E-state index contributed by atoms with van der Waals surface area (Å²) in [6.45, 7) is 7.38. The zero-order valence-corrected chi connectivity index (χ0v) is 13.4. The second-order valence-corrected chi connectivity index (χ2v) is 5.50. The molecule has 0 saturated heterocycles. The molecule has 2 aromatic rings. The Bertz CT molecular complexity index is 592. The standard InChI is InChI=1S/C19H25NO/c1-5-18(17-8-6-7-9-19(17)21-4)20-13-16-11-10-14(2)15(3)12-16/h6-12,18,20H,5,13H2,1-4H3. The van der Waals surface area contributed by atoms with Crippen molar-refractivity contribution in [1.29, 1.82) is 0 Å². The number of benzene rings is 2. The maximum Gasteiger partial charge on any atom is 0.123 e. The number of aryl methyl sites for hydroxylation is 2. The second-order valence-electron chi connectivity index (χ2n) is 5.50. The molecule has 1 atom stereocenters. The Hall–Kier alpha value is -1.80. The Morgan fingerprint density at radius 2 is 1.81 bits per heavy atom. The summed E-state index contributed by atoms with van der Waals surface area (Å²) >= 11 is 0. The molecule has 0 aliphatic rings. The minimum absolute atomic E-state index is 0.308. The molecule has 2 aromatic carbocycles. The van der Waals surface area contributed by atoms with Gasteiger partial charge in [-0.2, -0.15) is 0 Å². The summed E-state index contributed by atoms with van der Waals surface area (Å²) in [7, 11) is 1.73. The van der Waals surface area contributed by atoms with E-state index in [9.17, 15) is 0 Å². The predicted octanol–water partition coefficient (Wildman–Crippen LogP) is 4.55. The summed E-state index contributed by atoms with van der Waals surface area (Å²) < 4.78 is 5.48. The first-order valence-corrected chi connectivity index (χ1v) is 7.58. The van der Waals surface area contributed by atoms with Crippen LogP contribution in [0, 0.1) is 13.8 Å². The van der Waals surface area contributed by atoms with Gasteiger partial charge < -0.3 is 10.1 Å². The number of ether oxygens (including phenoxy) is 1. The van der Waals surface area contributed by atoms with E-state index in [0.717, 1.165) is 18.7 Å². The molecule has 112 valence electrons. The SMILES string of the molecule is CCC(NCc1ccc(C)c(C)c1)c1ccccc1OC. The monoisotopic (exact) mass is 283 g/mol. The van der Waals surface area contributed by atoms with Crippen LogP contribution in [0.5, 0.6) is 5.75 Å². The lowest BCUT2D eigenvalue weighted by atomic mass is 10.0. The average molecular weight is 283 g/mol. The van der Waals surface area contributed by atoms with E-state index in [0.29, 0.717) is 6.04 Å². The van der Waals surface area contributed by atoms with Crippen molar-refractivity contribution >= 4 is 0 Å². The zero-order chi connectivity index (χ0) is 15.2. The molecule has 2 nitrogen and oxygen atoms in total. The van der Waals surface area contributed by atoms with Crippen LogP contribution in [0.25, 0.3) is 0 Å². The molecule has 0 aromatic heterocycles. The molecule has 1 N–H and O–H groups in total. The van der Waals surface area contributed by atoms with Crippen LogP contribution in [0.2, 0.25) is 0 Å². The highest BCUT2D eigenvalue weighted by molar-refractivity contribution is 5.36. The number of hydrogen-bond donors (Lipinski definition) is 1. The Labute approximate surface area is 128 Å². The van der Waals surface area contributed by atoms with Crippen molar-refractivity contribution in [3.8, 4) is 5.75 Å². The maximum absolute atomic E-state index is 5.48. The van der Waals surface area contributed by atoms with Crippen molar-refractivity contribution in [3.05, 3.63) is 64.7 Å². The minimum atomic E-state index is 0.308. The molecule has 21 heavy (non-hydrogen) atoms. The summed E-state index contributed by atoms with van der Waals surface area (Å²) in [5.41, 5.74) is 5.24. The van der Waals surface area contributed by atoms with Gasteiger partial charge in [0.1, 0.15) is 5.75 Å². The fourth-order valence-corrected chi connectivity index (χ4v) is 2.58. The highest BCUT2D eigenvalue weighted by atomic mass is 16.5. The smallest absolute Gasteiger partial charge is 0.123 e. The van der Waals surface area contributed by atoms with E-state index >= 15 is 0 Å². The molecule has 0 aliphatic carbocycles. The van der Waals surface area contributed by atoms with Gasteiger partial charge in [0.25, 0.3) is 0 Å². The Morgan fingerprint density at radius 1 is 1.05 bits per heavy atom. The zero-order valence-electron chi connectivity index (χ0n) is 13.4. The van der Waals surface area contributed by atoms with Gasteiger partial charge in [-0.25, -0.2) is 0 Å². The van der Waals surface area contributed by atoms with E-state index in [-0.39, 0.29) is 0 Å². The molecule has 2 heteroatoms. The van der Waals surface area contributed by atoms with E-state index in [1.165, 1.54) is 22.3 Å². The van der Waals surface area contributed by atoms with E-state index in [4.69, 9.17) is 4.74 Å². The average Bonchev–Trinajstić information content (AvgIpc) is 2.51. The summed E-state index contributed by atoms with van der Waals surface area (Å²) in [5.74, 6) is 0.955. The molecule has 0 bridgehead atoms. The van der Waals surface area contributed by atoms with Gasteiger partial charge in [0.2, 0.25) is 0 Å². The van der Waals surface area contributed by atoms with Gasteiger partial charge in [-0.05, 0) is 43.0 Å². The molecule has 0 spiro atoms. The fraction of sp³-hybridized carbons (Fsp3) is 0.368. The van der Waals surface area contributed by atoms with E-state index in [1.807, 2.05) is 12.1 Å². The number of para-hydroxylation sites is 1. The van der Waals surface area contributed by atoms with Gasteiger partial charge >= 0.3 is 0 Å². The molecule has 0 amide bonds. The fourth-order valence-electron chi connectivity index (χ4n) is 2.58. The third-order valence-electron chi connectivity index (χ3n) is 4.05. The predicted molar refractivity (Wildman–Crippen MR) is 88.8 cm³/mol. The van der Waals surface area contributed by atoms with Gasteiger partial charge in [0.15, 0.2) is 0 Å². The second kappa shape index (κ2) is 7.28. The summed E-state index contributed by atoms with van der Waals surface area (Å²) in [4.78, 5) is 0. The molecular weight excluding hydrogens is 258 g/mol. The van der Waals surface area contributed by atoms with E-state index < -0.39 is 0 Å². The Balaban J connectivity index is 2.10. The molecule has 0 saturated carbocycles. The van der Waals surface area contributed by atoms with Crippen molar-refractivity contribution in [3.63, 3.8) is 0 Å². The highest BCUT2D eigenvalue weighted by Crippen LogP contribution is 2.27. The molecule has 1 unspecified atom stereocenters. The normalized spacial score (nSPS) is 12.2. The third-order valence-corrected chi connectivity index (χ3v) is 4.05. The van der Waals surface area contributed by atoms with Gasteiger partial charge in [-0.15, -0.1) is 0 Å². The van der Waals surface area contributed by atoms with Crippen molar-refractivity contribution in [2.24, 2.45) is 0 Å². The molecule has 0 radical (unpaired) electrons. The van der Waals surface area contributed by atoms with Crippen LogP contribution in [0.4, 0.5) is 0 Å². The summed E-state index contributed by atoms with van der Waals surface area (Å²) in [6.07, 6.45) is 1.03. The quantitative estimate of drug-likeness (QED) is 0.839. The van der Waals surface area contributed by atoms with E-state index in [1.54, 1.807) is 7.11 Å². The molecule has 0 fully saturated rings. The first-order valence-electron chi connectivity index (χ1n) is 7.58. The van der Waals surface area contributed by atoms with Gasteiger partial charge in [-0.1, -0.05) is 43.3 Å². The van der Waals surface area contributed by atoms with Gasteiger partial charge in [0.05, 0.1) is 7.11 Å². The first-order chi connectivity index (χ1) is 10.2. The van der Waals surface area contributed by atoms with Crippen LogP contribution >= 0.6 is 0 Å². The topological polar surface area (TPSA) is 21.3 Å². The van der Waals surface area contributed by atoms with Crippen LogP contribution in [0.15, 0.2) is 42.5 Å². The summed E-state index contributed by atoms with van der Waals surface area (Å²) in [6, 6.07) is 15.2. The number of nitrogens with one attached hydrogen (secondary N) is 1. The van der Waals surface area contributed by atoms with Crippen LogP contribution in [0.1, 0.15) is 41.6 Å². The molecule has 0 heterocycles. The highest BCUT2D eigenvalue weighted by Gasteiger charge is 2.13. The van der Waals surface area contributed by atoms with Crippen LogP contribution in [0.3, 0.4) is 0 Å². The number of rotatable bonds is 6. The number of methoxy groups -OCH3 is 1. The van der Waals surface area contributed by atoms with Gasteiger partial charge in [0, 0.05) is 18.2 Å². The lowest BCUT2D eigenvalue weighted by Gasteiger charge is -2.20. The molecule has 0 aliphatic heterocycles.